The molecule has 0 unspecified atom stereocenters. The van der Waals surface area contributed by atoms with E-state index in [1.54, 1.807) is 20.8 Å². The Hall–Kier alpha value is -1.51. The third-order valence-electron chi connectivity index (χ3n) is 2.80. The summed E-state index contributed by atoms with van der Waals surface area (Å²) in [4.78, 5) is 23.2. The molecule has 6 nitrogen and oxygen atoms in total. The quantitative estimate of drug-likeness (QED) is 0.760. The first-order valence-electron chi connectivity index (χ1n) is 6.59. The maximum Gasteiger partial charge on any atom is 0.471 e. The monoisotopic (exact) mass is 311 g/mol. The van der Waals surface area contributed by atoms with Crippen LogP contribution in [0, 0.1) is 0 Å². The van der Waals surface area contributed by atoms with Crippen LogP contribution in [-0.4, -0.2) is 47.8 Å². The van der Waals surface area contributed by atoms with E-state index in [1.165, 1.54) is 0 Å². The number of piperidine rings is 1. The standard InChI is InChI=1S/C12H20F3N3O3/c1-11(2,3)21-10(20)17-16-8-4-6-18(7-5-8)9(19)12(13,14)15/h8,16H,4-7H2,1-3H3,(H,17,20). The van der Waals surface area contributed by atoms with Crippen LogP contribution in [-0.2, 0) is 9.53 Å². The first-order chi connectivity index (χ1) is 9.49. The van der Waals surface area contributed by atoms with Crippen molar-refractivity contribution in [1.82, 2.24) is 15.8 Å². The molecule has 1 aliphatic rings. The predicted molar refractivity (Wildman–Crippen MR) is 68.2 cm³/mol. The van der Waals surface area contributed by atoms with E-state index in [1.807, 2.05) is 0 Å². The molecule has 2 N–H and O–H groups in total. The molecule has 0 aromatic rings. The van der Waals surface area contributed by atoms with Crippen molar-refractivity contribution in [2.75, 3.05) is 13.1 Å². The van der Waals surface area contributed by atoms with Gasteiger partial charge in [0.1, 0.15) is 5.60 Å². The number of hydrogen-bond donors (Lipinski definition) is 2. The summed E-state index contributed by atoms with van der Waals surface area (Å²) in [6, 6.07) is -0.199. The highest BCUT2D eigenvalue weighted by atomic mass is 19.4. The minimum atomic E-state index is -4.84. The van der Waals surface area contributed by atoms with Gasteiger partial charge in [0.25, 0.3) is 0 Å². The van der Waals surface area contributed by atoms with Gasteiger partial charge in [0, 0.05) is 19.1 Å². The lowest BCUT2D eigenvalue weighted by molar-refractivity contribution is -0.186. The number of hydrogen-bond acceptors (Lipinski definition) is 4. The van der Waals surface area contributed by atoms with Crippen LogP contribution in [0.3, 0.4) is 0 Å². The van der Waals surface area contributed by atoms with Crippen molar-refractivity contribution in [2.24, 2.45) is 0 Å². The molecule has 1 heterocycles. The molecule has 0 radical (unpaired) electrons. The number of nitrogens with one attached hydrogen (secondary N) is 2. The molecule has 0 aromatic carbocycles. The van der Waals surface area contributed by atoms with Crippen LogP contribution in [0.15, 0.2) is 0 Å². The van der Waals surface area contributed by atoms with Gasteiger partial charge < -0.3 is 9.64 Å². The molecule has 1 aliphatic heterocycles. The molecular weight excluding hydrogens is 291 g/mol. The second-order valence-corrected chi connectivity index (χ2v) is 5.84. The molecular formula is C12H20F3N3O3. The first-order valence-corrected chi connectivity index (χ1v) is 6.59. The molecule has 1 saturated heterocycles. The molecule has 1 rings (SSSR count). The number of hydrazine groups is 1. The van der Waals surface area contributed by atoms with E-state index >= 15 is 0 Å². The van der Waals surface area contributed by atoms with E-state index in [2.05, 4.69) is 10.9 Å². The molecule has 0 bridgehead atoms. The fraction of sp³-hybridized carbons (Fsp3) is 0.833. The summed E-state index contributed by atoms with van der Waals surface area (Å²) < 4.78 is 41.8. The maximum atomic E-state index is 12.3. The second kappa shape index (κ2) is 6.50. The first kappa shape index (κ1) is 17.5. The summed E-state index contributed by atoms with van der Waals surface area (Å²) in [6.07, 6.45) is -4.86. The Balaban J connectivity index is 2.31. The molecule has 9 heteroatoms. The number of nitrogens with zero attached hydrogens (tertiary/aromatic N) is 1. The van der Waals surface area contributed by atoms with Gasteiger partial charge in [0.2, 0.25) is 0 Å². The number of amides is 2. The van der Waals surface area contributed by atoms with E-state index in [-0.39, 0.29) is 19.1 Å². The lowest BCUT2D eigenvalue weighted by atomic mass is 10.1. The van der Waals surface area contributed by atoms with Crippen LogP contribution >= 0.6 is 0 Å². The van der Waals surface area contributed by atoms with Crippen molar-refractivity contribution in [3.63, 3.8) is 0 Å². The van der Waals surface area contributed by atoms with Crippen LogP contribution in [0.5, 0.6) is 0 Å². The molecule has 21 heavy (non-hydrogen) atoms. The van der Waals surface area contributed by atoms with E-state index < -0.39 is 23.8 Å². The topological polar surface area (TPSA) is 70.7 Å². The smallest absolute Gasteiger partial charge is 0.443 e. The van der Waals surface area contributed by atoms with Gasteiger partial charge in [0.05, 0.1) is 0 Å². The summed E-state index contributed by atoms with van der Waals surface area (Å²) in [7, 11) is 0. The van der Waals surface area contributed by atoms with Crippen molar-refractivity contribution in [3.8, 4) is 0 Å². The zero-order valence-electron chi connectivity index (χ0n) is 12.2. The summed E-state index contributed by atoms with van der Waals surface area (Å²) in [5, 5.41) is 0. The predicted octanol–water partition coefficient (Wildman–Crippen LogP) is 1.57. The van der Waals surface area contributed by atoms with Gasteiger partial charge in [-0.3, -0.25) is 10.2 Å². The van der Waals surface area contributed by atoms with Gasteiger partial charge in [-0.25, -0.2) is 10.2 Å². The Bertz CT molecular complexity index is 385. The number of carbonyl (C=O) groups is 2. The van der Waals surface area contributed by atoms with E-state index in [0.29, 0.717) is 12.8 Å². The molecule has 0 atom stereocenters. The SMILES string of the molecule is CC(C)(C)OC(=O)NNC1CCN(C(=O)C(F)(F)F)CC1. The molecule has 1 fully saturated rings. The van der Waals surface area contributed by atoms with Gasteiger partial charge in [-0.15, -0.1) is 0 Å². The van der Waals surface area contributed by atoms with Crippen molar-refractivity contribution >= 4 is 12.0 Å². The molecule has 0 saturated carbocycles. The number of rotatable bonds is 2. The minimum Gasteiger partial charge on any atom is -0.443 e. The minimum absolute atomic E-state index is 0.00793. The highest BCUT2D eigenvalue weighted by Crippen LogP contribution is 2.21. The average Bonchev–Trinajstić information content (AvgIpc) is 2.33. The zero-order chi connectivity index (χ0) is 16.3. The summed E-state index contributed by atoms with van der Waals surface area (Å²) in [6.45, 7) is 5.13. The largest absolute Gasteiger partial charge is 0.471 e. The lowest BCUT2D eigenvalue weighted by Gasteiger charge is -2.32. The maximum absolute atomic E-state index is 12.3. The summed E-state index contributed by atoms with van der Waals surface area (Å²) >= 11 is 0. The Morgan fingerprint density at radius 1 is 1.14 bits per heavy atom. The fourth-order valence-corrected chi connectivity index (χ4v) is 1.87. The Morgan fingerprint density at radius 3 is 2.10 bits per heavy atom. The molecule has 0 spiro atoms. The Labute approximate surface area is 121 Å². The fourth-order valence-electron chi connectivity index (χ4n) is 1.87. The average molecular weight is 311 g/mol. The highest BCUT2D eigenvalue weighted by molar-refractivity contribution is 5.81. The normalized spacial score (nSPS) is 17.5. The Kier molecular flexibility index (Phi) is 5.43. The van der Waals surface area contributed by atoms with Crippen LogP contribution in [0.1, 0.15) is 33.6 Å². The summed E-state index contributed by atoms with van der Waals surface area (Å²) in [5.41, 5.74) is 4.41. The van der Waals surface area contributed by atoms with Crippen LogP contribution in [0.2, 0.25) is 0 Å². The third-order valence-corrected chi connectivity index (χ3v) is 2.80. The second-order valence-electron chi connectivity index (χ2n) is 5.84. The number of likely N-dealkylation sites (tertiary alicyclic amines) is 1. The molecule has 122 valence electrons. The molecule has 0 aliphatic carbocycles. The van der Waals surface area contributed by atoms with Crippen molar-refractivity contribution in [1.29, 1.82) is 0 Å². The number of ether oxygens (including phenoxy) is 1. The van der Waals surface area contributed by atoms with Crippen LogP contribution in [0.4, 0.5) is 18.0 Å². The van der Waals surface area contributed by atoms with E-state index in [0.717, 1.165) is 4.90 Å². The van der Waals surface area contributed by atoms with Crippen molar-refractivity contribution in [2.45, 2.75) is 51.4 Å². The van der Waals surface area contributed by atoms with Gasteiger partial charge in [-0.2, -0.15) is 13.2 Å². The number of carbonyl (C=O) groups excluding carboxylic acids is 2. The number of alkyl halides is 3. The Morgan fingerprint density at radius 2 is 1.67 bits per heavy atom. The highest BCUT2D eigenvalue weighted by Gasteiger charge is 2.43. The number of halogens is 3. The van der Waals surface area contributed by atoms with Gasteiger partial charge in [-0.1, -0.05) is 0 Å². The third kappa shape index (κ3) is 6.19. The van der Waals surface area contributed by atoms with Crippen molar-refractivity contribution in [3.05, 3.63) is 0 Å². The molecule has 0 aromatic heterocycles. The zero-order valence-corrected chi connectivity index (χ0v) is 12.2. The van der Waals surface area contributed by atoms with E-state index in [4.69, 9.17) is 4.74 Å². The van der Waals surface area contributed by atoms with Crippen LogP contribution < -0.4 is 10.9 Å². The van der Waals surface area contributed by atoms with Gasteiger partial charge in [0.15, 0.2) is 0 Å². The van der Waals surface area contributed by atoms with Crippen molar-refractivity contribution < 1.29 is 27.5 Å². The van der Waals surface area contributed by atoms with E-state index in [9.17, 15) is 22.8 Å². The summed E-state index contributed by atoms with van der Waals surface area (Å²) in [5.74, 6) is -1.82. The molecule has 2 amide bonds. The lowest BCUT2D eigenvalue weighted by Crippen LogP contribution is -2.53. The van der Waals surface area contributed by atoms with Gasteiger partial charge in [-0.05, 0) is 33.6 Å². The van der Waals surface area contributed by atoms with Crippen LogP contribution in [0.25, 0.3) is 0 Å². The van der Waals surface area contributed by atoms with Gasteiger partial charge >= 0.3 is 18.2 Å².